The van der Waals surface area contributed by atoms with Crippen LogP contribution in [0.3, 0.4) is 0 Å². The van der Waals surface area contributed by atoms with Crippen molar-refractivity contribution in [1.82, 2.24) is 8.61 Å². The Hall–Kier alpha value is -2.22. The Kier molecular flexibility index (Phi) is 6.12. The van der Waals surface area contributed by atoms with Crippen LogP contribution in [0, 0.1) is 34.6 Å². The topological polar surface area (TPSA) is 69.7 Å². The average molecular weight is 416 g/mol. The number of hydrogen-bond acceptors (Lipinski definition) is 3. The van der Waals surface area contributed by atoms with E-state index in [0.717, 1.165) is 39.1 Å². The molecule has 0 unspecified atom stereocenters. The molecule has 3 rings (SSSR count). The maximum absolute atomic E-state index is 13.0. The van der Waals surface area contributed by atoms with Gasteiger partial charge in [0.15, 0.2) is 0 Å². The first-order valence-electron chi connectivity index (χ1n) is 9.77. The Morgan fingerprint density at radius 2 is 1.48 bits per heavy atom. The molecule has 1 heterocycles. The average Bonchev–Trinajstić information content (AvgIpc) is 2.88. The predicted molar refractivity (Wildman–Crippen MR) is 116 cm³/mol. The first-order valence-corrected chi connectivity index (χ1v) is 11.2. The van der Waals surface area contributed by atoms with Crippen molar-refractivity contribution in [2.75, 3.05) is 25.0 Å². The molecule has 0 spiro atoms. The molecule has 0 aromatic heterocycles. The second-order valence-electron chi connectivity index (χ2n) is 7.87. The molecule has 0 atom stereocenters. The molecular weight excluding hydrogens is 386 g/mol. The number of anilines is 1. The number of nitrogens with zero attached hydrogens (tertiary/aromatic N) is 2. The van der Waals surface area contributed by atoms with E-state index in [1.165, 1.54) is 8.61 Å². The van der Waals surface area contributed by atoms with Gasteiger partial charge >= 0.3 is 0 Å². The van der Waals surface area contributed by atoms with E-state index in [1.54, 1.807) is 0 Å². The van der Waals surface area contributed by atoms with Crippen molar-refractivity contribution < 1.29 is 13.2 Å². The van der Waals surface area contributed by atoms with Crippen molar-refractivity contribution in [2.45, 2.75) is 41.2 Å². The zero-order valence-electron chi connectivity index (χ0n) is 17.7. The fraction of sp³-hybridized carbons (Fsp3) is 0.409. The zero-order valence-corrected chi connectivity index (χ0v) is 18.6. The molecular formula is C22H29N3O3S. The number of carbonyl (C=O) groups excluding carboxylic acids is 1. The van der Waals surface area contributed by atoms with Crippen LogP contribution in [0.1, 0.15) is 33.4 Å². The summed E-state index contributed by atoms with van der Waals surface area (Å²) in [5.74, 6) is -0.324. The smallest absolute Gasteiger partial charge is 0.282 e. The van der Waals surface area contributed by atoms with Gasteiger partial charge < -0.3 is 5.32 Å². The van der Waals surface area contributed by atoms with Crippen molar-refractivity contribution in [3.05, 3.63) is 63.7 Å². The van der Waals surface area contributed by atoms with Crippen LogP contribution in [-0.2, 0) is 21.5 Å². The number of carbonyl (C=O) groups is 1. The van der Waals surface area contributed by atoms with Gasteiger partial charge in [-0.2, -0.15) is 17.0 Å². The molecule has 1 aliphatic rings. The molecule has 29 heavy (non-hydrogen) atoms. The summed E-state index contributed by atoms with van der Waals surface area (Å²) in [5.41, 5.74) is 7.02. The number of rotatable bonds is 5. The van der Waals surface area contributed by atoms with Crippen molar-refractivity contribution in [2.24, 2.45) is 0 Å². The van der Waals surface area contributed by atoms with Crippen LogP contribution < -0.4 is 5.32 Å². The Morgan fingerprint density at radius 1 is 0.931 bits per heavy atom. The van der Waals surface area contributed by atoms with Gasteiger partial charge in [0.2, 0.25) is 5.91 Å². The van der Waals surface area contributed by atoms with Gasteiger partial charge in [0, 0.05) is 25.3 Å². The molecule has 0 aliphatic carbocycles. The van der Waals surface area contributed by atoms with Gasteiger partial charge in [0.1, 0.15) is 0 Å². The highest BCUT2D eigenvalue weighted by atomic mass is 32.2. The van der Waals surface area contributed by atoms with Crippen LogP contribution in [0.2, 0.25) is 0 Å². The molecule has 1 saturated heterocycles. The van der Waals surface area contributed by atoms with Gasteiger partial charge in [-0.1, -0.05) is 35.9 Å². The summed E-state index contributed by atoms with van der Waals surface area (Å²) >= 11 is 0. The zero-order chi connectivity index (χ0) is 21.3. The third-order valence-electron chi connectivity index (χ3n) is 5.49. The van der Waals surface area contributed by atoms with E-state index in [1.807, 2.05) is 52.8 Å². The standard InChI is InChI=1S/C22H29N3O3S/c1-15-11-18(4)20(19(5)12-15)13-24-9-10-25(29(24,27)28)14-21(26)23-22-16(2)7-6-8-17(22)3/h6-8,11-12H,9-10,13-14H2,1-5H3,(H,23,26). The molecule has 1 amide bonds. The van der Waals surface area contributed by atoms with E-state index in [4.69, 9.17) is 0 Å². The van der Waals surface area contributed by atoms with E-state index < -0.39 is 10.2 Å². The predicted octanol–water partition coefficient (Wildman–Crippen LogP) is 3.23. The maximum atomic E-state index is 13.0. The lowest BCUT2D eigenvalue weighted by molar-refractivity contribution is -0.116. The number of benzene rings is 2. The maximum Gasteiger partial charge on any atom is 0.282 e. The lowest BCUT2D eigenvalue weighted by Gasteiger charge is -2.21. The summed E-state index contributed by atoms with van der Waals surface area (Å²) in [6.07, 6.45) is 0. The first kappa shape index (κ1) is 21.5. The minimum atomic E-state index is -3.67. The minimum Gasteiger partial charge on any atom is -0.324 e. The largest absolute Gasteiger partial charge is 0.324 e. The monoisotopic (exact) mass is 415 g/mol. The highest BCUT2D eigenvalue weighted by Gasteiger charge is 2.37. The van der Waals surface area contributed by atoms with E-state index in [9.17, 15) is 13.2 Å². The van der Waals surface area contributed by atoms with Gasteiger partial charge in [-0.3, -0.25) is 4.79 Å². The molecule has 1 aliphatic heterocycles. The lowest BCUT2D eigenvalue weighted by atomic mass is 10.00. The number of para-hydroxylation sites is 1. The highest BCUT2D eigenvalue weighted by molar-refractivity contribution is 7.87. The Bertz CT molecular complexity index is 1000. The molecule has 0 bridgehead atoms. The third-order valence-corrected chi connectivity index (χ3v) is 7.42. The van der Waals surface area contributed by atoms with Crippen molar-refractivity contribution in [3.63, 3.8) is 0 Å². The van der Waals surface area contributed by atoms with Crippen LogP contribution >= 0.6 is 0 Å². The van der Waals surface area contributed by atoms with Crippen molar-refractivity contribution in [3.8, 4) is 0 Å². The molecule has 1 fully saturated rings. The molecule has 7 heteroatoms. The lowest BCUT2D eigenvalue weighted by Crippen LogP contribution is -2.38. The van der Waals surface area contributed by atoms with E-state index >= 15 is 0 Å². The number of hydrogen-bond donors (Lipinski definition) is 1. The Morgan fingerprint density at radius 3 is 2.07 bits per heavy atom. The van der Waals surface area contributed by atoms with Crippen LogP contribution in [0.15, 0.2) is 30.3 Å². The number of aryl methyl sites for hydroxylation is 5. The molecule has 0 radical (unpaired) electrons. The van der Waals surface area contributed by atoms with Gasteiger partial charge in [-0.25, -0.2) is 0 Å². The third kappa shape index (κ3) is 4.52. The summed E-state index contributed by atoms with van der Waals surface area (Å²) in [6.45, 7) is 10.7. The van der Waals surface area contributed by atoms with E-state index in [2.05, 4.69) is 17.4 Å². The molecule has 2 aromatic rings. The summed E-state index contributed by atoms with van der Waals surface area (Å²) < 4.78 is 28.7. The Labute approximate surface area is 173 Å². The molecule has 156 valence electrons. The van der Waals surface area contributed by atoms with E-state index in [-0.39, 0.29) is 12.5 Å². The highest BCUT2D eigenvalue weighted by Crippen LogP contribution is 2.24. The Balaban J connectivity index is 1.71. The summed E-state index contributed by atoms with van der Waals surface area (Å²) in [7, 11) is -3.67. The quantitative estimate of drug-likeness (QED) is 0.815. The minimum absolute atomic E-state index is 0.182. The van der Waals surface area contributed by atoms with Gasteiger partial charge in [0.05, 0.1) is 6.54 Å². The van der Waals surface area contributed by atoms with Gasteiger partial charge in [-0.15, -0.1) is 0 Å². The van der Waals surface area contributed by atoms with Crippen LogP contribution in [-0.4, -0.2) is 42.6 Å². The summed E-state index contributed by atoms with van der Waals surface area (Å²) in [4.78, 5) is 12.5. The van der Waals surface area contributed by atoms with Gasteiger partial charge in [-0.05, 0) is 62.4 Å². The summed E-state index contributed by atoms with van der Waals surface area (Å²) in [6, 6.07) is 9.91. The van der Waals surface area contributed by atoms with Crippen molar-refractivity contribution >= 4 is 21.8 Å². The van der Waals surface area contributed by atoms with Crippen molar-refractivity contribution in [1.29, 1.82) is 0 Å². The van der Waals surface area contributed by atoms with Crippen LogP contribution in [0.5, 0.6) is 0 Å². The fourth-order valence-corrected chi connectivity index (χ4v) is 5.45. The van der Waals surface area contributed by atoms with Crippen LogP contribution in [0.25, 0.3) is 0 Å². The normalized spacial score (nSPS) is 16.9. The van der Waals surface area contributed by atoms with Gasteiger partial charge in [0.25, 0.3) is 10.2 Å². The molecule has 0 saturated carbocycles. The second-order valence-corrected chi connectivity index (χ2v) is 9.80. The number of nitrogens with one attached hydrogen (secondary N) is 1. The van der Waals surface area contributed by atoms with E-state index in [0.29, 0.717) is 19.6 Å². The molecule has 6 nitrogen and oxygen atoms in total. The first-order chi connectivity index (χ1) is 13.6. The molecule has 1 N–H and O–H groups in total. The molecule has 2 aromatic carbocycles. The summed E-state index contributed by atoms with van der Waals surface area (Å²) in [5, 5.41) is 2.87. The number of amides is 1. The second kappa shape index (κ2) is 8.26. The van der Waals surface area contributed by atoms with Crippen LogP contribution in [0.4, 0.5) is 5.69 Å². The fourth-order valence-electron chi connectivity index (χ4n) is 3.92. The SMILES string of the molecule is Cc1cc(C)c(CN2CCN(CC(=O)Nc3c(C)cccc3C)S2(=O)=O)c(C)c1.